The third kappa shape index (κ3) is 5.07. The van der Waals surface area contributed by atoms with Crippen LogP contribution in [0, 0.1) is 5.82 Å². The molecular weight excluding hydrogens is 475 g/mol. The number of hydroxylamine groups is 2. The third-order valence-electron chi connectivity index (χ3n) is 6.29. The number of piperazine rings is 1. The molecule has 8 nitrogen and oxygen atoms in total. The van der Waals surface area contributed by atoms with Crippen molar-refractivity contribution < 1.29 is 23.6 Å². The summed E-state index contributed by atoms with van der Waals surface area (Å²) < 4.78 is 13.2. The Morgan fingerprint density at radius 2 is 1.89 bits per heavy atom. The van der Waals surface area contributed by atoms with Gasteiger partial charge in [-0.3, -0.25) is 24.1 Å². The van der Waals surface area contributed by atoms with E-state index in [1.807, 2.05) is 6.92 Å². The minimum Gasteiger partial charge on any atom is -0.360 e. The van der Waals surface area contributed by atoms with Gasteiger partial charge in [-0.1, -0.05) is 23.7 Å². The van der Waals surface area contributed by atoms with Gasteiger partial charge >= 0.3 is 5.91 Å². The SMILES string of the molecule is CON(C)C(=O)C(=O)c1c[nH]c2cc(Cl)c(C(=O)N3CCN(Cc4ccc(F)cc4)CC3C)cc12. The molecule has 184 valence electrons. The van der Waals surface area contributed by atoms with Gasteiger partial charge in [-0.2, -0.15) is 0 Å². The van der Waals surface area contributed by atoms with E-state index in [1.54, 1.807) is 29.2 Å². The van der Waals surface area contributed by atoms with E-state index in [2.05, 4.69) is 9.88 Å². The largest absolute Gasteiger partial charge is 0.360 e. The number of benzene rings is 2. The summed E-state index contributed by atoms with van der Waals surface area (Å²) in [5.41, 5.74) is 1.95. The van der Waals surface area contributed by atoms with Gasteiger partial charge in [0.15, 0.2) is 0 Å². The maximum Gasteiger partial charge on any atom is 0.318 e. The zero-order valence-corrected chi connectivity index (χ0v) is 20.4. The molecule has 0 aliphatic carbocycles. The molecule has 1 saturated heterocycles. The van der Waals surface area contributed by atoms with E-state index in [4.69, 9.17) is 16.4 Å². The van der Waals surface area contributed by atoms with Crippen LogP contribution < -0.4 is 0 Å². The molecule has 2 heterocycles. The molecule has 1 aliphatic rings. The van der Waals surface area contributed by atoms with Crippen molar-refractivity contribution in [1.82, 2.24) is 19.8 Å². The van der Waals surface area contributed by atoms with Crippen LogP contribution in [0.1, 0.15) is 33.2 Å². The fourth-order valence-corrected chi connectivity index (χ4v) is 4.56. The molecule has 2 aromatic carbocycles. The summed E-state index contributed by atoms with van der Waals surface area (Å²) in [6.45, 7) is 4.42. The van der Waals surface area contributed by atoms with Crippen molar-refractivity contribution in [2.75, 3.05) is 33.8 Å². The van der Waals surface area contributed by atoms with Gasteiger partial charge in [-0.15, -0.1) is 0 Å². The maximum absolute atomic E-state index is 13.5. The second-order valence-corrected chi connectivity index (χ2v) is 9.01. The van der Waals surface area contributed by atoms with Crippen LogP contribution in [0.5, 0.6) is 0 Å². The fraction of sp³-hybridized carbons (Fsp3) is 0.320. The number of fused-ring (bicyclic) bond motifs is 1. The van der Waals surface area contributed by atoms with Crippen LogP contribution in [0.15, 0.2) is 42.6 Å². The molecule has 0 spiro atoms. The van der Waals surface area contributed by atoms with Gasteiger partial charge in [-0.25, -0.2) is 9.45 Å². The van der Waals surface area contributed by atoms with Crippen LogP contribution in [0.3, 0.4) is 0 Å². The smallest absolute Gasteiger partial charge is 0.318 e. The van der Waals surface area contributed by atoms with Gasteiger partial charge in [0.25, 0.3) is 11.7 Å². The van der Waals surface area contributed by atoms with E-state index < -0.39 is 11.7 Å². The lowest BCUT2D eigenvalue weighted by Crippen LogP contribution is -2.53. The van der Waals surface area contributed by atoms with Gasteiger partial charge in [0.2, 0.25) is 0 Å². The number of aromatic nitrogens is 1. The highest BCUT2D eigenvalue weighted by atomic mass is 35.5. The first-order valence-corrected chi connectivity index (χ1v) is 11.5. The number of Topliss-reactive ketones (excluding diaryl/α,β-unsaturated/α-hetero) is 1. The van der Waals surface area contributed by atoms with Gasteiger partial charge in [-0.05, 0) is 36.8 Å². The average Bonchev–Trinajstić information content (AvgIpc) is 3.25. The number of halogens is 2. The minimum absolute atomic E-state index is 0.0901. The summed E-state index contributed by atoms with van der Waals surface area (Å²) in [6.07, 6.45) is 1.43. The number of rotatable bonds is 6. The Morgan fingerprint density at radius 3 is 2.54 bits per heavy atom. The van der Waals surface area contributed by atoms with Crippen LogP contribution in [0.4, 0.5) is 4.39 Å². The second-order valence-electron chi connectivity index (χ2n) is 8.60. The van der Waals surface area contributed by atoms with E-state index in [0.717, 1.165) is 10.6 Å². The van der Waals surface area contributed by atoms with Crippen LogP contribution in [0.25, 0.3) is 10.9 Å². The number of H-pyrrole nitrogens is 1. The first-order valence-electron chi connectivity index (χ1n) is 11.1. The van der Waals surface area contributed by atoms with Crippen molar-refractivity contribution in [2.45, 2.75) is 19.5 Å². The maximum atomic E-state index is 13.5. The quantitative estimate of drug-likeness (QED) is 0.318. The van der Waals surface area contributed by atoms with Crippen molar-refractivity contribution >= 4 is 40.1 Å². The first kappa shape index (κ1) is 24.8. The summed E-state index contributed by atoms with van der Waals surface area (Å²) >= 11 is 6.45. The number of likely N-dealkylation sites (N-methyl/N-ethyl adjacent to an activating group) is 1. The molecule has 1 unspecified atom stereocenters. The number of nitrogens with one attached hydrogen (secondary N) is 1. The summed E-state index contributed by atoms with van der Waals surface area (Å²) in [5.74, 6) is -2.11. The molecular formula is C25H26ClFN4O4. The molecule has 0 radical (unpaired) electrons. The van der Waals surface area contributed by atoms with Crippen molar-refractivity contribution in [1.29, 1.82) is 0 Å². The zero-order valence-electron chi connectivity index (χ0n) is 19.7. The third-order valence-corrected chi connectivity index (χ3v) is 6.60. The molecule has 1 fully saturated rings. The lowest BCUT2D eigenvalue weighted by molar-refractivity contribution is -0.162. The first-order chi connectivity index (χ1) is 16.7. The molecule has 1 aromatic heterocycles. The normalized spacial score (nSPS) is 16.5. The molecule has 0 saturated carbocycles. The number of amides is 2. The number of hydrogen-bond donors (Lipinski definition) is 1. The van der Waals surface area contributed by atoms with Gasteiger partial charge in [0, 0.05) is 56.4 Å². The lowest BCUT2D eigenvalue weighted by Gasteiger charge is -2.40. The van der Waals surface area contributed by atoms with Crippen molar-refractivity contribution in [3.63, 3.8) is 0 Å². The average molecular weight is 501 g/mol. The van der Waals surface area contributed by atoms with Gasteiger partial charge < -0.3 is 9.88 Å². The molecule has 1 atom stereocenters. The summed E-state index contributed by atoms with van der Waals surface area (Å²) in [4.78, 5) is 50.2. The molecule has 0 bridgehead atoms. The summed E-state index contributed by atoms with van der Waals surface area (Å²) in [5, 5.41) is 1.53. The highest BCUT2D eigenvalue weighted by molar-refractivity contribution is 6.45. The van der Waals surface area contributed by atoms with Crippen molar-refractivity contribution in [3.8, 4) is 0 Å². The highest BCUT2D eigenvalue weighted by Crippen LogP contribution is 2.29. The molecule has 35 heavy (non-hydrogen) atoms. The number of aromatic amines is 1. The van der Waals surface area contributed by atoms with E-state index >= 15 is 0 Å². The van der Waals surface area contributed by atoms with Crippen molar-refractivity contribution in [3.05, 3.63) is 70.1 Å². The van der Waals surface area contributed by atoms with E-state index in [1.165, 1.54) is 32.5 Å². The molecule has 1 aliphatic heterocycles. The van der Waals surface area contributed by atoms with Crippen LogP contribution in [-0.2, 0) is 16.2 Å². The molecule has 2 amide bonds. The number of carbonyl (C=O) groups is 3. The Balaban J connectivity index is 1.53. The number of hydrogen-bond acceptors (Lipinski definition) is 5. The van der Waals surface area contributed by atoms with E-state index in [9.17, 15) is 18.8 Å². The Labute approximate surface area is 207 Å². The number of carbonyl (C=O) groups excluding carboxylic acids is 3. The number of ketones is 1. The predicted octanol–water partition coefficient (Wildman–Crippen LogP) is 3.51. The van der Waals surface area contributed by atoms with E-state index in [0.29, 0.717) is 37.1 Å². The van der Waals surface area contributed by atoms with Crippen LogP contribution in [0.2, 0.25) is 5.02 Å². The predicted molar refractivity (Wildman–Crippen MR) is 130 cm³/mol. The Hall–Kier alpha value is -3.27. The van der Waals surface area contributed by atoms with E-state index in [-0.39, 0.29) is 33.9 Å². The van der Waals surface area contributed by atoms with Gasteiger partial charge in [0.1, 0.15) is 5.82 Å². The Bertz CT molecular complexity index is 1280. The highest BCUT2D eigenvalue weighted by Gasteiger charge is 2.30. The topological polar surface area (TPSA) is 85.9 Å². The summed E-state index contributed by atoms with van der Waals surface area (Å²) in [6, 6.07) is 9.46. The monoisotopic (exact) mass is 500 g/mol. The lowest BCUT2D eigenvalue weighted by atomic mass is 10.0. The van der Waals surface area contributed by atoms with Crippen LogP contribution in [-0.4, -0.2) is 77.3 Å². The molecule has 1 N–H and O–H groups in total. The number of nitrogens with zero attached hydrogens (tertiary/aromatic N) is 3. The summed E-state index contributed by atoms with van der Waals surface area (Å²) in [7, 11) is 2.63. The fourth-order valence-electron chi connectivity index (χ4n) is 4.32. The Morgan fingerprint density at radius 1 is 1.17 bits per heavy atom. The second kappa shape index (κ2) is 10.2. The zero-order chi connectivity index (χ0) is 25.3. The molecule has 4 rings (SSSR count). The van der Waals surface area contributed by atoms with Gasteiger partial charge in [0.05, 0.1) is 23.3 Å². The Kier molecular flexibility index (Phi) is 7.20. The van der Waals surface area contributed by atoms with Crippen LogP contribution >= 0.6 is 11.6 Å². The molecule has 3 aromatic rings. The minimum atomic E-state index is -0.831. The van der Waals surface area contributed by atoms with Crippen molar-refractivity contribution in [2.24, 2.45) is 0 Å². The molecule has 10 heteroatoms. The standard InChI is InChI=1S/C25H26ClFN4O4/c1-15-13-30(14-16-4-6-17(27)7-5-16)8-9-31(15)24(33)19-10-18-20(12-28-22(18)11-21(19)26)23(32)25(34)29(2)35-3/h4-7,10-12,15,28H,8-9,13-14H2,1-3H3.